The van der Waals surface area contributed by atoms with E-state index in [0.29, 0.717) is 12.0 Å². The Morgan fingerprint density at radius 3 is 2.16 bits per heavy atom. The molecule has 2 atom stereocenters. The predicted molar refractivity (Wildman–Crippen MR) is 175 cm³/mol. The molecule has 0 heterocycles. The number of unbranched alkanes of at least 4 members (excludes halogenated alkanes) is 2. The van der Waals surface area contributed by atoms with Crippen molar-refractivity contribution in [1.29, 1.82) is 0 Å². The molecule has 0 spiro atoms. The number of rotatable bonds is 16. The summed E-state index contributed by atoms with van der Waals surface area (Å²) in [6, 6.07) is 8.82. The van der Waals surface area contributed by atoms with Crippen molar-refractivity contribution < 1.29 is 24.2 Å². The zero-order valence-electron chi connectivity index (χ0n) is 27.3. The lowest BCUT2D eigenvalue weighted by atomic mass is 9.70. The number of esters is 2. The van der Waals surface area contributed by atoms with Gasteiger partial charge in [-0.2, -0.15) is 0 Å². The van der Waals surface area contributed by atoms with Gasteiger partial charge in [0.25, 0.3) is 0 Å². The van der Waals surface area contributed by atoms with Crippen molar-refractivity contribution in [2.75, 3.05) is 13.2 Å². The number of hydrogen-bond donors (Lipinski definition) is 1. The molecule has 5 nitrogen and oxygen atoms in total. The molecule has 3 rings (SSSR count). The van der Waals surface area contributed by atoms with E-state index in [1.54, 1.807) is 6.92 Å². The Hall–Kier alpha value is -2.66. The van der Waals surface area contributed by atoms with E-state index in [1.165, 1.54) is 94.8 Å². The monoisotopic (exact) mass is 592 g/mol. The van der Waals surface area contributed by atoms with Crippen molar-refractivity contribution in [2.24, 2.45) is 23.7 Å². The average molecular weight is 593 g/mol. The number of hydrogen-bond acceptors (Lipinski definition) is 5. The molecule has 2 unspecified atom stereocenters. The fourth-order valence-corrected chi connectivity index (χ4v) is 6.49. The lowest BCUT2D eigenvalue weighted by Crippen LogP contribution is -2.30. The van der Waals surface area contributed by atoms with Gasteiger partial charge in [-0.3, -0.25) is 0 Å². The smallest absolute Gasteiger partial charge is 0.336 e. The molecule has 0 aliphatic heterocycles. The van der Waals surface area contributed by atoms with Crippen molar-refractivity contribution in [3.8, 4) is 0 Å². The molecule has 0 bridgehead atoms. The number of carbonyl (C=O) groups is 2. The van der Waals surface area contributed by atoms with E-state index in [1.807, 2.05) is 0 Å². The van der Waals surface area contributed by atoms with Crippen LogP contribution in [-0.4, -0.2) is 35.9 Å². The molecular formula is C38H56O5. The molecule has 43 heavy (non-hydrogen) atoms. The number of ether oxygens (including phenoxy) is 2. The van der Waals surface area contributed by atoms with Gasteiger partial charge in [0.2, 0.25) is 0 Å². The molecule has 0 saturated heterocycles. The Balaban J connectivity index is 1.49. The van der Waals surface area contributed by atoms with Crippen LogP contribution in [0.3, 0.4) is 0 Å². The first-order valence-corrected chi connectivity index (χ1v) is 16.7. The zero-order chi connectivity index (χ0) is 31.4. The summed E-state index contributed by atoms with van der Waals surface area (Å²) < 4.78 is 10.8. The van der Waals surface area contributed by atoms with Crippen molar-refractivity contribution >= 4 is 17.5 Å². The van der Waals surface area contributed by atoms with E-state index >= 15 is 0 Å². The molecule has 5 heteroatoms. The van der Waals surface area contributed by atoms with Crippen LogP contribution in [0.1, 0.15) is 116 Å². The summed E-state index contributed by atoms with van der Waals surface area (Å²) in [5.41, 5.74) is 2.94. The number of carbonyl (C=O) groups excluding carboxylic acids is 2. The van der Waals surface area contributed by atoms with Crippen LogP contribution in [0.15, 0.2) is 54.6 Å². The maximum atomic E-state index is 12.4. The first-order chi connectivity index (χ1) is 20.5. The first-order valence-electron chi connectivity index (χ1n) is 16.7. The minimum atomic E-state index is -1.36. The molecule has 2 aliphatic rings. The highest BCUT2D eigenvalue weighted by Crippen LogP contribution is 2.42. The van der Waals surface area contributed by atoms with Gasteiger partial charge in [-0.25, -0.2) is 9.59 Å². The van der Waals surface area contributed by atoms with Crippen LogP contribution in [0.5, 0.6) is 0 Å². The second-order valence-electron chi connectivity index (χ2n) is 13.7. The van der Waals surface area contributed by atoms with Gasteiger partial charge < -0.3 is 14.6 Å². The van der Waals surface area contributed by atoms with Crippen LogP contribution in [-0.2, 0) is 25.5 Å². The lowest BCUT2D eigenvalue weighted by Gasteiger charge is -2.35. The van der Waals surface area contributed by atoms with Crippen LogP contribution in [0.25, 0.3) is 5.57 Å². The number of aliphatic hydroxyl groups is 1. The maximum Gasteiger partial charge on any atom is 0.336 e. The van der Waals surface area contributed by atoms with Gasteiger partial charge in [0.15, 0.2) is 0 Å². The van der Waals surface area contributed by atoms with Crippen LogP contribution in [0.4, 0.5) is 0 Å². The molecule has 2 aliphatic carbocycles. The van der Waals surface area contributed by atoms with Crippen LogP contribution in [0, 0.1) is 23.7 Å². The number of allylic oxidation sites excluding steroid dienone is 2. The highest BCUT2D eigenvalue weighted by molar-refractivity contribution is 5.89. The third-order valence-corrected chi connectivity index (χ3v) is 9.63. The summed E-state index contributed by atoms with van der Waals surface area (Å²) in [5.74, 6) is 1.45. The van der Waals surface area contributed by atoms with Crippen molar-refractivity contribution in [3.63, 3.8) is 0 Å². The topological polar surface area (TPSA) is 72.8 Å². The van der Waals surface area contributed by atoms with Gasteiger partial charge >= 0.3 is 11.9 Å². The predicted octanol–water partition coefficient (Wildman–Crippen LogP) is 8.80. The van der Waals surface area contributed by atoms with Gasteiger partial charge in [-0.1, -0.05) is 88.9 Å². The van der Waals surface area contributed by atoms with Gasteiger partial charge in [-0.15, -0.1) is 0 Å². The molecule has 1 saturated carbocycles. The fourth-order valence-electron chi connectivity index (χ4n) is 6.49. The summed E-state index contributed by atoms with van der Waals surface area (Å²) in [5, 5.41) is 10.1. The summed E-state index contributed by atoms with van der Waals surface area (Å²) in [4.78, 5) is 24.3. The molecule has 0 aromatic heterocycles. The second-order valence-corrected chi connectivity index (χ2v) is 13.7. The molecule has 0 amide bonds. The Morgan fingerprint density at radius 2 is 1.60 bits per heavy atom. The average Bonchev–Trinajstić information content (AvgIpc) is 3.00. The van der Waals surface area contributed by atoms with Crippen LogP contribution in [0.2, 0.25) is 0 Å². The normalized spacial score (nSPS) is 21.4. The quantitative estimate of drug-likeness (QED) is 0.118. The molecule has 238 valence electrons. The molecular weight excluding hydrogens is 536 g/mol. The molecule has 1 N–H and O–H groups in total. The molecule has 0 radical (unpaired) electrons. The Bertz CT molecular complexity index is 1100. The highest BCUT2D eigenvalue weighted by atomic mass is 16.5. The van der Waals surface area contributed by atoms with Gasteiger partial charge in [0.05, 0.1) is 24.4 Å². The van der Waals surface area contributed by atoms with Gasteiger partial charge in [0.1, 0.15) is 0 Å². The SMILES string of the molecule is C=C(C)C(=O)OCC(CCc1ccc(C2=CCC(C3CCC(CCCCC)CC3)CC2)cc1)COC(=O)C(=C)C(C)(C)O. The summed E-state index contributed by atoms with van der Waals surface area (Å²) in [6.07, 6.45) is 19.0. The molecule has 1 fully saturated rings. The van der Waals surface area contributed by atoms with E-state index in [-0.39, 0.29) is 24.7 Å². The van der Waals surface area contributed by atoms with Crippen molar-refractivity contribution in [3.05, 3.63) is 65.8 Å². The number of aryl methyl sites for hydroxylation is 1. The van der Waals surface area contributed by atoms with E-state index in [2.05, 4.69) is 50.4 Å². The largest absolute Gasteiger partial charge is 0.462 e. The van der Waals surface area contributed by atoms with E-state index in [9.17, 15) is 14.7 Å². The standard InChI is InChI=1S/C38H56O5/c1-7-8-9-10-29-13-17-32(18-14-29)34-21-23-35(24-22-34)33-19-15-30(16-20-33)11-12-31(25-42-36(39)27(2)3)26-43-37(40)28(4)38(5,6)41/h15-16,19-20,23,29,31-32,34,41H,2,4,7-14,17-18,21-22,24-26H2,1,3,5-6H3. The van der Waals surface area contributed by atoms with E-state index < -0.39 is 17.5 Å². The zero-order valence-corrected chi connectivity index (χ0v) is 27.3. The fraction of sp³-hybridized carbons (Fsp3) is 0.632. The van der Waals surface area contributed by atoms with Gasteiger partial charge in [-0.05, 0) is 100 Å². The van der Waals surface area contributed by atoms with Crippen molar-refractivity contribution in [2.45, 2.75) is 117 Å². The first kappa shape index (κ1) is 34.8. The van der Waals surface area contributed by atoms with Crippen LogP contribution >= 0.6 is 0 Å². The summed E-state index contributed by atoms with van der Waals surface area (Å²) >= 11 is 0. The Labute approximate surface area is 260 Å². The molecule has 1 aromatic carbocycles. The second kappa shape index (κ2) is 17.0. The van der Waals surface area contributed by atoms with Crippen molar-refractivity contribution in [1.82, 2.24) is 0 Å². The Morgan fingerprint density at radius 1 is 0.953 bits per heavy atom. The summed E-state index contributed by atoms with van der Waals surface area (Å²) in [6.45, 7) is 14.4. The summed E-state index contributed by atoms with van der Waals surface area (Å²) in [7, 11) is 0. The van der Waals surface area contributed by atoms with E-state index in [0.717, 1.165) is 30.6 Å². The highest BCUT2D eigenvalue weighted by Gasteiger charge is 2.29. The minimum absolute atomic E-state index is 0.00528. The Kier molecular flexibility index (Phi) is 13.8. The third kappa shape index (κ3) is 11.4. The minimum Gasteiger partial charge on any atom is -0.462 e. The van der Waals surface area contributed by atoms with E-state index in [4.69, 9.17) is 9.47 Å². The molecule has 1 aromatic rings. The van der Waals surface area contributed by atoms with Gasteiger partial charge in [0, 0.05) is 11.5 Å². The third-order valence-electron chi connectivity index (χ3n) is 9.63. The number of benzene rings is 1. The lowest BCUT2D eigenvalue weighted by molar-refractivity contribution is -0.145. The maximum absolute atomic E-state index is 12.4. The van der Waals surface area contributed by atoms with Crippen LogP contribution < -0.4 is 0 Å².